The van der Waals surface area contributed by atoms with Crippen LogP contribution >= 0.6 is 11.3 Å². The molecule has 208 valence electrons. The molecule has 0 saturated heterocycles. The van der Waals surface area contributed by atoms with E-state index in [1.165, 1.54) is 12.3 Å². The number of anilines is 2. The number of ether oxygens (including phenoxy) is 2. The van der Waals surface area contributed by atoms with Gasteiger partial charge in [0.15, 0.2) is 6.10 Å². The van der Waals surface area contributed by atoms with Gasteiger partial charge in [0.05, 0.1) is 17.5 Å². The Bertz CT molecular complexity index is 1330. The van der Waals surface area contributed by atoms with Crippen molar-refractivity contribution in [3.8, 4) is 5.75 Å². The van der Waals surface area contributed by atoms with Crippen molar-refractivity contribution in [3.63, 3.8) is 0 Å². The van der Waals surface area contributed by atoms with Crippen molar-refractivity contribution >= 4 is 33.5 Å². The SMILES string of the molecule is CO[C@H](C(=O)Nc1nnc(N[C@H]2CC[C@@H](c3cc(C(=O)O)cnn3)CC2)s1)c1cc(OC(F)(F)F)ccc1F. The largest absolute Gasteiger partial charge is 0.573 e. The standard InChI is InChI=1S/C23H22F4N6O5S/c1-37-18(15-9-14(6-7-16(15)24)38-23(25,26)27)19(34)30-22-33-32-21(39-22)29-13-4-2-11(3-5-13)17-8-12(20(35)36)10-28-31-17/h6-11,13,18H,2-5H2,1H3,(H,29,32)(H,35,36)(H,30,33,34)/t11-,13+,18-/m0/s1. The highest BCUT2D eigenvalue weighted by Gasteiger charge is 2.33. The minimum absolute atomic E-state index is 0.0468. The van der Waals surface area contributed by atoms with Crippen molar-refractivity contribution in [1.82, 2.24) is 20.4 Å². The summed E-state index contributed by atoms with van der Waals surface area (Å²) >= 11 is 1.02. The summed E-state index contributed by atoms with van der Waals surface area (Å²) in [5.74, 6) is -3.51. The summed E-state index contributed by atoms with van der Waals surface area (Å²) in [5.41, 5.74) is 0.272. The quantitative estimate of drug-likeness (QED) is 0.313. The van der Waals surface area contributed by atoms with Crippen molar-refractivity contribution in [2.45, 2.75) is 50.1 Å². The number of halogens is 4. The van der Waals surface area contributed by atoms with Crippen molar-refractivity contribution < 1.29 is 41.7 Å². The molecule has 0 unspecified atom stereocenters. The van der Waals surface area contributed by atoms with Crippen LogP contribution in [0.1, 0.15) is 59.3 Å². The molecule has 1 aromatic carbocycles. The van der Waals surface area contributed by atoms with Gasteiger partial charge in [-0.2, -0.15) is 10.2 Å². The molecule has 1 amide bonds. The predicted molar refractivity (Wildman–Crippen MR) is 129 cm³/mol. The number of nitrogens with one attached hydrogen (secondary N) is 2. The molecule has 11 nitrogen and oxygen atoms in total. The zero-order chi connectivity index (χ0) is 28.2. The molecule has 1 atom stereocenters. The van der Waals surface area contributed by atoms with Gasteiger partial charge in [-0.3, -0.25) is 10.1 Å². The van der Waals surface area contributed by atoms with E-state index < -0.39 is 41.5 Å². The minimum atomic E-state index is -4.99. The molecule has 2 heterocycles. The average molecular weight is 571 g/mol. The van der Waals surface area contributed by atoms with Crippen molar-refractivity contribution in [2.75, 3.05) is 17.7 Å². The Kier molecular flexibility index (Phi) is 8.54. The highest BCUT2D eigenvalue weighted by molar-refractivity contribution is 7.19. The Balaban J connectivity index is 1.34. The summed E-state index contributed by atoms with van der Waals surface area (Å²) in [6.07, 6.45) is -2.39. The number of rotatable bonds is 9. The average Bonchev–Trinajstić information content (AvgIpc) is 3.32. The summed E-state index contributed by atoms with van der Waals surface area (Å²) in [5, 5.41) is 31.0. The lowest BCUT2D eigenvalue weighted by molar-refractivity contribution is -0.274. The van der Waals surface area contributed by atoms with Gasteiger partial charge in [0, 0.05) is 24.6 Å². The maximum absolute atomic E-state index is 14.3. The van der Waals surface area contributed by atoms with Crippen LogP contribution < -0.4 is 15.4 Å². The van der Waals surface area contributed by atoms with E-state index in [1.807, 2.05) is 0 Å². The summed E-state index contributed by atoms with van der Waals surface area (Å²) in [7, 11) is 1.11. The number of alkyl halides is 3. The van der Waals surface area contributed by atoms with Crippen LogP contribution in [0.25, 0.3) is 0 Å². The molecule has 16 heteroatoms. The van der Waals surface area contributed by atoms with Gasteiger partial charge >= 0.3 is 12.3 Å². The van der Waals surface area contributed by atoms with Crippen molar-refractivity contribution in [2.24, 2.45) is 0 Å². The van der Waals surface area contributed by atoms with Crippen LogP contribution in [0.4, 0.5) is 27.8 Å². The van der Waals surface area contributed by atoms with E-state index in [-0.39, 0.29) is 22.7 Å². The Hall–Kier alpha value is -3.92. The smallest absolute Gasteiger partial charge is 0.478 e. The number of aromatic carboxylic acids is 1. The first-order valence-electron chi connectivity index (χ1n) is 11.6. The number of carbonyl (C=O) groups is 2. The van der Waals surface area contributed by atoms with Crippen LogP contribution in [0.15, 0.2) is 30.5 Å². The predicted octanol–water partition coefficient (Wildman–Crippen LogP) is 4.53. The van der Waals surface area contributed by atoms with Gasteiger partial charge in [0.2, 0.25) is 10.3 Å². The van der Waals surface area contributed by atoms with E-state index in [2.05, 4.69) is 35.8 Å². The fourth-order valence-electron chi connectivity index (χ4n) is 4.21. The third-order valence-corrected chi connectivity index (χ3v) is 6.78. The Labute approximate surface area is 222 Å². The first kappa shape index (κ1) is 28.1. The number of aromatic nitrogens is 4. The van der Waals surface area contributed by atoms with Gasteiger partial charge in [-0.15, -0.1) is 23.4 Å². The number of benzene rings is 1. The molecule has 0 aliphatic heterocycles. The van der Waals surface area contributed by atoms with Crippen LogP contribution in [0.5, 0.6) is 5.75 Å². The number of amides is 1. The van der Waals surface area contributed by atoms with Gasteiger partial charge in [-0.1, -0.05) is 11.3 Å². The van der Waals surface area contributed by atoms with E-state index in [0.29, 0.717) is 10.8 Å². The molecule has 2 aromatic heterocycles. The topological polar surface area (TPSA) is 148 Å². The molecule has 1 aliphatic rings. The first-order chi connectivity index (χ1) is 18.5. The van der Waals surface area contributed by atoms with Gasteiger partial charge < -0.3 is 19.9 Å². The monoisotopic (exact) mass is 570 g/mol. The number of methoxy groups -OCH3 is 1. The van der Waals surface area contributed by atoms with E-state index in [0.717, 1.165) is 62.3 Å². The summed E-state index contributed by atoms with van der Waals surface area (Å²) in [4.78, 5) is 23.9. The van der Waals surface area contributed by atoms with E-state index in [4.69, 9.17) is 9.84 Å². The van der Waals surface area contributed by atoms with Crippen LogP contribution in [0, 0.1) is 5.82 Å². The Morgan fingerprint density at radius 3 is 2.49 bits per heavy atom. The van der Waals surface area contributed by atoms with Gasteiger partial charge in [0.25, 0.3) is 5.91 Å². The van der Waals surface area contributed by atoms with Crippen molar-refractivity contribution in [1.29, 1.82) is 0 Å². The molecule has 1 fully saturated rings. The maximum Gasteiger partial charge on any atom is 0.573 e. The summed E-state index contributed by atoms with van der Waals surface area (Å²) < 4.78 is 60.8. The molecule has 4 rings (SSSR count). The molecule has 39 heavy (non-hydrogen) atoms. The van der Waals surface area contributed by atoms with Crippen molar-refractivity contribution in [3.05, 3.63) is 53.1 Å². The maximum atomic E-state index is 14.3. The molecule has 3 N–H and O–H groups in total. The number of hydrogen-bond donors (Lipinski definition) is 3. The molecule has 1 aliphatic carbocycles. The van der Waals surface area contributed by atoms with E-state index >= 15 is 0 Å². The zero-order valence-corrected chi connectivity index (χ0v) is 21.1. The van der Waals surface area contributed by atoms with Gasteiger partial charge in [-0.05, 0) is 49.9 Å². The normalized spacial score (nSPS) is 18.3. The highest BCUT2D eigenvalue weighted by atomic mass is 32.1. The Morgan fingerprint density at radius 1 is 1.10 bits per heavy atom. The van der Waals surface area contributed by atoms with E-state index in [9.17, 15) is 27.2 Å². The molecular formula is C23H22F4N6O5S. The first-order valence-corrected chi connectivity index (χ1v) is 12.4. The number of carboxylic acid groups (broad SMARTS) is 1. The second kappa shape index (κ2) is 11.9. The number of carbonyl (C=O) groups excluding carboxylic acids is 1. The lowest BCUT2D eigenvalue weighted by Gasteiger charge is -2.28. The molecule has 0 spiro atoms. The second-order valence-electron chi connectivity index (χ2n) is 8.62. The minimum Gasteiger partial charge on any atom is -0.478 e. The number of nitrogens with zero attached hydrogens (tertiary/aromatic N) is 4. The number of carboxylic acids is 1. The fraction of sp³-hybridized carbons (Fsp3) is 0.391. The third kappa shape index (κ3) is 7.35. The lowest BCUT2D eigenvalue weighted by atomic mass is 9.84. The van der Waals surface area contributed by atoms with Crippen LogP contribution in [0.3, 0.4) is 0 Å². The molecule has 0 bridgehead atoms. The van der Waals surface area contributed by atoms with Gasteiger partial charge in [0.1, 0.15) is 11.6 Å². The van der Waals surface area contributed by atoms with Gasteiger partial charge in [-0.25, -0.2) is 9.18 Å². The molecular weight excluding hydrogens is 548 g/mol. The van der Waals surface area contributed by atoms with E-state index in [1.54, 1.807) is 0 Å². The van der Waals surface area contributed by atoms with Crippen LogP contribution in [0.2, 0.25) is 0 Å². The zero-order valence-electron chi connectivity index (χ0n) is 20.2. The molecule has 3 aromatic rings. The third-order valence-electron chi connectivity index (χ3n) is 6.01. The van der Waals surface area contributed by atoms with Crippen LogP contribution in [-0.2, 0) is 9.53 Å². The Morgan fingerprint density at radius 2 is 1.82 bits per heavy atom. The molecule has 1 saturated carbocycles. The second-order valence-corrected chi connectivity index (χ2v) is 9.59. The fourth-order valence-corrected chi connectivity index (χ4v) is 4.93. The number of hydrogen-bond acceptors (Lipinski definition) is 10. The highest BCUT2D eigenvalue weighted by Crippen LogP contribution is 2.34. The summed E-state index contributed by atoms with van der Waals surface area (Å²) in [6.45, 7) is 0. The lowest BCUT2D eigenvalue weighted by Crippen LogP contribution is -2.25. The van der Waals surface area contributed by atoms with Crippen LogP contribution in [-0.4, -0.2) is 56.9 Å². The molecule has 0 radical (unpaired) electrons. The summed E-state index contributed by atoms with van der Waals surface area (Å²) in [6, 6.07) is 3.85.